The van der Waals surface area contributed by atoms with Crippen LogP contribution < -0.4 is 5.73 Å². The third-order valence-electron chi connectivity index (χ3n) is 3.52. The molecular formula is C15H22N2OS. The molecule has 3 nitrogen and oxygen atoms in total. The van der Waals surface area contributed by atoms with Crippen molar-refractivity contribution < 1.29 is 4.79 Å². The predicted molar refractivity (Wildman–Crippen MR) is 81.3 cm³/mol. The first-order chi connectivity index (χ1) is 9.08. The van der Waals surface area contributed by atoms with Gasteiger partial charge in [-0.05, 0) is 56.9 Å². The van der Waals surface area contributed by atoms with Gasteiger partial charge in [-0.2, -0.15) is 0 Å². The van der Waals surface area contributed by atoms with Crippen molar-refractivity contribution in [2.75, 3.05) is 18.8 Å². The van der Waals surface area contributed by atoms with Gasteiger partial charge in [-0.25, -0.2) is 0 Å². The van der Waals surface area contributed by atoms with Crippen LogP contribution in [0.4, 0.5) is 5.69 Å². The van der Waals surface area contributed by atoms with E-state index in [-0.39, 0.29) is 11.2 Å². The minimum atomic E-state index is -0.0274. The van der Waals surface area contributed by atoms with E-state index in [2.05, 4.69) is 0 Å². The summed E-state index contributed by atoms with van der Waals surface area (Å²) in [6.07, 6.45) is 3.54. The molecule has 1 saturated heterocycles. The molecule has 1 aromatic rings. The van der Waals surface area contributed by atoms with Crippen LogP contribution in [0.3, 0.4) is 0 Å². The fourth-order valence-corrected chi connectivity index (χ4v) is 3.44. The van der Waals surface area contributed by atoms with Crippen LogP contribution in [0, 0.1) is 6.92 Å². The lowest BCUT2D eigenvalue weighted by Crippen LogP contribution is -2.40. The Hall–Kier alpha value is -1.16. The van der Waals surface area contributed by atoms with Gasteiger partial charge in [-0.3, -0.25) is 4.79 Å². The van der Waals surface area contributed by atoms with Gasteiger partial charge in [0.15, 0.2) is 0 Å². The minimum absolute atomic E-state index is 0.0274. The molecule has 1 fully saturated rings. The number of anilines is 1. The van der Waals surface area contributed by atoms with E-state index >= 15 is 0 Å². The van der Waals surface area contributed by atoms with Crippen LogP contribution in [0.15, 0.2) is 23.1 Å². The first kappa shape index (κ1) is 14.3. The molecule has 0 bridgehead atoms. The fourth-order valence-electron chi connectivity index (χ4n) is 2.42. The third kappa shape index (κ3) is 3.66. The molecule has 4 heteroatoms. The standard InChI is InChI=1S/C15H22N2OS/c1-11-10-13(16)6-7-14(11)19-12(2)15(18)17-8-4-3-5-9-17/h6-7,10,12H,3-5,8-9,16H2,1-2H3. The first-order valence-corrected chi connectivity index (χ1v) is 7.77. The van der Waals surface area contributed by atoms with Crippen molar-refractivity contribution in [1.82, 2.24) is 4.90 Å². The molecule has 1 atom stereocenters. The van der Waals surface area contributed by atoms with E-state index in [1.54, 1.807) is 11.8 Å². The van der Waals surface area contributed by atoms with Gasteiger partial charge in [0.2, 0.25) is 5.91 Å². The number of rotatable bonds is 3. The molecule has 1 aliphatic heterocycles. The minimum Gasteiger partial charge on any atom is -0.399 e. The zero-order valence-electron chi connectivity index (χ0n) is 11.7. The summed E-state index contributed by atoms with van der Waals surface area (Å²) in [5.74, 6) is 0.265. The van der Waals surface area contributed by atoms with Gasteiger partial charge < -0.3 is 10.6 Å². The smallest absolute Gasteiger partial charge is 0.235 e. The molecule has 1 amide bonds. The van der Waals surface area contributed by atoms with Crippen LogP contribution in [0.25, 0.3) is 0 Å². The molecule has 1 aromatic carbocycles. The maximum atomic E-state index is 12.4. The summed E-state index contributed by atoms with van der Waals surface area (Å²) in [7, 11) is 0. The van der Waals surface area contributed by atoms with E-state index in [0.717, 1.165) is 42.1 Å². The molecule has 0 aromatic heterocycles. The van der Waals surface area contributed by atoms with Gasteiger partial charge in [-0.15, -0.1) is 11.8 Å². The van der Waals surface area contributed by atoms with Crippen molar-refractivity contribution in [2.24, 2.45) is 0 Å². The number of aryl methyl sites for hydroxylation is 1. The van der Waals surface area contributed by atoms with Crippen molar-refractivity contribution in [2.45, 2.75) is 43.3 Å². The van der Waals surface area contributed by atoms with Crippen LogP contribution in [0.2, 0.25) is 0 Å². The Kier molecular flexibility index (Phi) is 4.75. The van der Waals surface area contributed by atoms with Gasteiger partial charge >= 0.3 is 0 Å². The van der Waals surface area contributed by atoms with E-state index < -0.39 is 0 Å². The second-order valence-corrected chi connectivity index (χ2v) is 6.55. The largest absolute Gasteiger partial charge is 0.399 e. The van der Waals surface area contributed by atoms with E-state index in [4.69, 9.17) is 5.73 Å². The molecule has 1 unspecified atom stereocenters. The Labute approximate surface area is 119 Å². The summed E-state index contributed by atoms with van der Waals surface area (Å²) >= 11 is 1.63. The van der Waals surface area contributed by atoms with Crippen molar-refractivity contribution in [1.29, 1.82) is 0 Å². The van der Waals surface area contributed by atoms with Crippen molar-refractivity contribution >= 4 is 23.4 Å². The molecule has 0 radical (unpaired) electrons. The van der Waals surface area contributed by atoms with E-state index in [1.165, 1.54) is 6.42 Å². The second-order valence-electron chi connectivity index (χ2n) is 5.17. The normalized spacial score (nSPS) is 17.3. The van der Waals surface area contributed by atoms with E-state index in [0.29, 0.717) is 0 Å². The fraction of sp³-hybridized carbons (Fsp3) is 0.533. The Morgan fingerprint density at radius 3 is 2.63 bits per heavy atom. The molecule has 19 heavy (non-hydrogen) atoms. The molecule has 2 N–H and O–H groups in total. The molecule has 0 aliphatic carbocycles. The molecular weight excluding hydrogens is 256 g/mol. The summed E-state index contributed by atoms with van der Waals surface area (Å²) < 4.78 is 0. The summed E-state index contributed by atoms with van der Waals surface area (Å²) in [4.78, 5) is 15.5. The lowest BCUT2D eigenvalue weighted by molar-refractivity contribution is -0.131. The Morgan fingerprint density at radius 1 is 1.32 bits per heavy atom. The molecule has 0 spiro atoms. The van der Waals surface area contributed by atoms with Crippen molar-refractivity contribution in [3.05, 3.63) is 23.8 Å². The van der Waals surface area contributed by atoms with Crippen molar-refractivity contribution in [3.8, 4) is 0 Å². The quantitative estimate of drug-likeness (QED) is 0.683. The number of benzene rings is 1. The van der Waals surface area contributed by atoms with Crippen molar-refractivity contribution in [3.63, 3.8) is 0 Å². The Morgan fingerprint density at radius 2 is 2.00 bits per heavy atom. The number of nitrogen functional groups attached to an aromatic ring is 1. The number of thioether (sulfide) groups is 1. The topological polar surface area (TPSA) is 46.3 Å². The van der Waals surface area contributed by atoms with Gasteiger partial charge in [0.25, 0.3) is 0 Å². The van der Waals surface area contributed by atoms with Crippen LogP contribution in [0.1, 0.15) is 31.7 Å². The number of hydrogen-bond donors (Lipinski definition) is 1. The lowest BCUT2D eigenvalue weighted by atomic mass is 10.1. The predicted octanol–water partition coefficient (Wildman–Crippen LogP) is 3.07. The highest BCUT2D eigenvalue weighted by molar-refractivity contribution is 8.00. The Balaban J connectivity index is 1.99. The Bertz CT molecular complexity index is 455. The maximum absolute atomic E-state index is 12.4. The molecule has 0 saturated carbocycles. The highest BCUT2D eigenvalue weighted by Crippen LogP contribution is 2.29. The van der Waals surface area contributed by atoms with Gasteiger partial charge in [0, 0.05) is 23.7 Å². The summed E-state index contributed by atoms with van der Waals surface area (Å²) in [5.41, 5.74) is 7.67. The number of piperidine rings is 1. The van der Waals surface area contributed by atoms with E-state index in [1.807, 2.05) is 36.9 Å². The van der Waals surface area contributed by atoms with Crippen LogP contribution in [-0.2, 0) is 4.79 Å². The van der Waals surface area contributed by atoms with Crippen LogP contribution in [-0.4, -0.2) is 29.1 Å². The lowest BCUT2D eigenvalue weighted by Gasteiger charge is -2.29. The monoisotopic (exact) mass is 278 g/mol. The highest BCUT2D eigenvalue weighted by Gasteiger charge is 2.23. The van der Waals surface area contributed by atoms with Gasteiger partial charge in [0.05, 0.1) is 5.25 Å². The summed E-state index contributed by atoms with van der Waals surface area (Å²) in [5, 5.41) is -0.0274. The van der Waals surface area contributed by atoms with Crippen LogP contribution in [0.5, 0.6) is 0 Å². The number of likely N-dealkylation sites (tertiary alicyclic amines) is 1. The molecule has 1 aliphatic rings. The number of carbonyl (C=O) groups is 1. The summed E-state index contributed by atoms with van der Waals surface area (Å²) in [6, 6.07) is 5.86. The maximum Gasteiger partial charge on any atom is 0.235 e. The highest BCUT2D eigenvalue weighted by atomic mass is 32.2. The van der Waals surface area contributed by atoms with E-state index in [9.17, 15) is 4.79 Å². The first-order valence-electron chi connectivity index (χ1n) is 6.89. The number of nitrogens with zero attached hydrogens (tertiary/aromatic N) is 1. The third-order valence-corrected chi connectivity index (χ3v) is 4.79. The second kappa shape index (κ2) is 6.33. The zero-order valence-corrected chi connectivity index (χ0v) is 12.5. The SMILES string of the molecule is Cc1cc(N)ccc1SC(C)C(=O)N1CCCCC1. The number of carbonyl (C=O) groups excluding carboxylic acids is 1. The number of nitrogens with two attached hydrogens (primary N) is 1. The average Bonchev–Trinajstić information content (AvgIpc) is 2.42. The number of hydrogen-bond acceptors (Lipinski definition) is 3. The molecule has 104 valence electrons. The zero-order chi connectivity index (χ0) is 13.8. The van der Waals surface area contributed by atoms with Gasteiger partial charge in [-0.1, -0.05) is 0 Å². The average molecular weight is 278 g/mol. The molecule has 2 rings (SSSR count). The molecule has 1 heterocycles. The summed E-state index contributed by atoms with van der Waals surface area (Å²) in [6.45, 7) is 5.88. The van der Waals surface area contributed by atoms with Crippen LogP contribution >= 0.6 is 11.8 Å². The van der Waals surface area contributed by atoms with Gasteiger partial charge in [0.1, 0.15) is 0 Å². The number of amides is 1.